The molecule has 98 valence electrons. The molecule has 1 rings (SSSR count). The van der Waals surface area contributed by atoms with E-state index in [1.165, 1.54) is 4.88 Å². The molecule has 5 nitrogen and oxygen atoms in total. The number of ether oxygens (including phenoxy) is 1. The van der Waals surface area contributed by atoms with Crippen LogP contribution in [0.1, 0.15) is 11.8 Å². The number of aliphatic hydroxyl groups excluding tert-OH is 1. The first-order chi connectivity index (χ1) is 8.15. The molecule has 1 atom stereocenters. The highest BCUT2D eigenvalue weighted by Crippen LogP contribution is 2.18. The van der Waals surface area contributed by atoms with Crippen LogP contribution in [0.3, 0.4) is 0 Å². The van der Waals surface area contributed by atoms with E-state index in [9.17, 15) is 5.11 Å². The first kappa shape index (κ1) is 14.4. The minimum absolute atomic E-state index is 0.371. The van der Waals surface area contributed by atoms with Gasteiger partial charge in [0.2, 0.25) is 0 Å². The van der Waals surface area contributed by atoms with Crippen LogP contribution in [0, 0.1) is 0 Å². The maximum absolute atomic E-state index is 9.60. The van der Waals surface area contributed by atoms with E-state index in [0.29, 0.717) is 13.2 Å². The van der Waals surface area contributed by atoms with Crippen molar-refractivity contribution >= 4 is 16.5 Å². The van der Waals surface area contributed by atoms with Crippen molar-refractivity contribution in [3.8, 4) is 0 Å². The highest BCUT2D eigenvalue weighted by atomic mass is 32.1. The minimum Gasteiger partial charge on any atom is -0.389 e. The van der Waals surface area contributed by atoms with Crippen LogP contribution < -0.4 is 5.32 Å². The fourth-order valence-corrected chi connectivity index (χ4v) is 2.51. The number of rotatable bonds is 8. The number of nitrogens with zero attached hydrogens (tertiary/aromatic N) is 2. The molecule has 1 aromatic rings. The molecule has 0 fully saturated rings. The Kier molecular flexibility index (Phi) is 6.43. The van der Waals surface area contributed by atoms with Crippen LogP contribution in [0.4, 0.5) is 5.13 Å². The quantitative estimate of drug-likeness (QED) is 0.730. The summed E-state index contributed by atoms with van der Waals surface area (Å²) in [5, 5.41) is 13.7. The molecule has 0 saturated heterocycles. The number of aliphatic hydroxyl groups is 1. The van der Waals surface area contributed by atoms with E-state index in [2.05, 4.69) is 15.2 Å². The van der Waals surface area contributed by atoms with Gasteiger partial charge in [0.15, 0.2) is 5.13 Å². The van der Waals surface area contributed by atoms with E-state index in [1.807, 2.05) is 20.2 Å². The van der Waals surface area contributed by atoms with Gasteiger partial charge in [-0.05, 0) is 14.0 Å². The van der Waals surface area contributed by atoms with Crippen molar-refractivity contribution in [2.75, 3.05) is 39.2 Å². The number of anilines is 1. The summed E-state index contributed by atoms with van der Waals surface area (Å²) in [5.74, 6) is 0. The molecule has 0 aliphatic heterocycles. The molecule has 0 bridgehead atoms. The summed E-state index contributed by atoms with van der Waals surface area (Å²) in [6, 6.07) is 0. The second-order valence-electron chi connectivity index (χ2n) is 3.97. The first-order valence-corrected chi connectivity index (χ1v) is 6.51. The van der Waals surface area contributed by atoms with E-state index in [4.69, 9.17) is 4.74 Å². The number of nitrogens with one attached hydrogen (secondary N) is 1. The molecule has 0 radical (unpaired) electrons. The molecule has 1 aromatic heterocycles. The predicted molar refractivity (Wildman–Crippen MR) is 70.5 cm³/mol. The third-order valence-corrected chi connectivity index (χ3v) is 3.13. The first-order valence-electron chi connectivity index (χ1n) is 5.69. The molecule has 0 aromatic carbocycles. The van der Waals surface area contributed by atoms with E-state index in [1.54, 1.807) is 18.4 Å². The molecule has 0 aliphatic carbocycles. The van der Waals surface area contributed by atoms with Crippen molar-refractivity contribution < 1.29 is 9.84 Å². The predicted octanol–water partition coefficient (Wildman–Crippen LogP) is 1.01. The van der Waals surface area contributed by atoms with Gasteiger partial charge < -0.3 is 15.2 Å². The number of methoxy groups -OCH3 is 1. The fourth-order valence-electron chi connectivity index (χ4n) is 1.55. The Labute approximate surface area is 106 Å². The molecule has 0 amide bonds. The molecule has 1 unspecified atom stereocenters. The third kappa shape index (κ3) is 5.45. The Balaban J connectivity index is 2.36. The Morgan fingerprint density at radius 3 is 3.06 bits per heavy atom. The van der Waals surface area contributed by atoms with Crippen LogP contribution in [-0.4, -0.2) is 54.9 Å². The van der Waals surface area contributed by atoms with Gasteiger partial charge in [0.1, 0.15) is 0 Å². The molecule has 0 spiro atoms. The largest absolute Gasteiger partial charge is 0.389 e. The summed E-state index contributed by atoms with van der Waals surface area (Å²) in [7, 11) is 3.57. The summed E-state index contributed by atoms with van der Waals surface area (Å²) in [5.41, 5.74) is 0. The van der Waals surface area contributed by atoms with Crippen molar-refractivity contribution in [1.82, 2.24) is 9.88 Å². The Morgan fingerprint density at radius 2 is 2.41 bits per heavy atom. The zero-order chi connectivity index (χ0) is 12.7. The number of hydrogen-bond donors (Lipinski definition) is 2. The van der Waals surface area contributed by atoms with E-state index in [-0.39, 0.29) is 0 Å². The van der Waals surface area contributed by atoms with Crippen molar-refractivity contribution in [3.63, 3.8) is 0 Å². The summed E-state index contributed by atoms with van der Waals surface area (Å²) in [4.78, 5) is 7.52. The van der Waals surface area contributed by atoms with Crippen LogP contribution >= 0.6 is 11.3 Å². The Hall–Kier alpha value is -0.690. The summed E-state index contributed by atoms with van der Waals surface area (Å²) in [6.45, 7) is 4.70. The van der Waals surface area contributed by atoms with Crippen molar-refractivity contribution in [3.05, 3.63) is 11.1 Å². The number of thiazole rings is 1. The van der Waals surface area contributed by atoms with Crippen molar-refractivity contribution in [2.24, 2.45) is 0 Å². The lowest BCUT2D eigenvalue weighted by atomic mass is 10.3. The lowest BCUT2D eigenvalue weighted by molar-refractivity contribution is 0.0420. The lowest BCUT2D eigenvalue weighted by Gasteiger charge is -2.18. The summed E-state index contributed by atoms with van der Waals surface area (Å²) in [6.07, 6.45) is 1.44. The molecule has 1 heterocycles. The van der Waals surface area contributed by atoms with Gasteiger partial charge in [0, 0.05) is 37.8 Å². The standard InChI is InChI=1S/C11H21N3O2S/c1-4-12-11-13-5-10(17-11)7-14(2)6-9(15)8-16-3/h5,9,15H,4,6-8H2,1-3H3,(H,12,13). The zero-order valence-electron chi connectivity index (χ0n) is 10.6. The number of likely N-dealkylation sites (N-methyl/N-ethyl adjacent to an activating group) is 1. The van der Waals surface area contributed by atoms with Gasteiger partial charge in [0.05, 0.1) is 12.7 Å². The second-order valence-corrected chi connectivity index (χ2v) is 5.08. The maximum Gasteiger partial charge on any atom is 0.182 e. The summed E-state index contributed by atoms with van der Waals surface area (Å²) < 4.78 is 4.89. The number of hydrogen-bond acceptors (Lipinski definition) is 6. The van der Waals surface area contributed by atoms with Crippen molar-refractivity contribution in [1.29, 1.82) is 0 Å². The van der Waals surface area contributed by atoms with Crippen LogP contribution in [0.25, 0.3) is 0 Å². The molecular weight excluding hydrogens is 238 g/mol. The normalized spacial score (nSPS) is 13.0. The Morgan fingerprint density at radius 1 is 1.65 bits per heavy atom. The third-order valence-electron chi connectivity index (χ3n) is 2.19. The summed E-state index contributed by atoms with van der Waals surface area (Å²) >= 11 is 1.65. The Bertz CT molecular complexity index is 319. The lowest BCUT2D eigenvalue weighted by Crippen LogP contribution is -2.31. The van der Waals surface area contributed by atoms with Crippen LogP contribution in [0.2, 0.25) is 0 Å². The van der Waals surface area contributed by atoms with Gasteiger partial charge >= 0.3 is 0 Å². The highest BCUT2D eigenvalue weighted by molar-refractivity contribution is 7.15. The average Bonchev–Trinajstić information content (AvgIpc) is 2.66. The molecule has 2 N–H and O–H groups in total. The minimum atomic E-state index is -0.439. The van der Waals surface area contributed by atoms with Gasteiger partial charge in [-0.1, -0.05) is 0 Å². The van der Waals surface area contributed by atoms with E-state index in [0.717, 1.165) is 18.2 Å². The van der Waals surface area contributed by atoms with Crippen molar-refractivity contribution in [2.45, 2.75) is 19.6 Å². The SMILES string of the molecule is CCNc1ncc(CN(C)CC(O)COC)s1. The van der Waals surface area contributed by atoms with E-state index < -0.39 is 6.10 Å². The van der Waals surface area contributed by atoms with Gasteiger partial charge in [-0.2, -0.15) is 0 Å². The molecule has 6 heteroatoms. The second kappa shape index (κ2) is 7.60. The zero-order valence-corrected chi connectivity index (χ0v) is 11.5. The topological polar surface area (TPSA) is 57.6 Å². The fraction of sp³-hybridized carbons (Fsp3) is 0.727. The molecule has 0 saturated carbocycles. The molecular formula is C11H21N3O2S. The van der Waals surface area contributed by atoms with Gasteiger partial charge in [-0.3, -0.25) is 4.90 Å². The number of aromatic nitrogens is 1. The average molecular weight is 259 g/mol. The van der Waals surface area contributed by atoms with Crippen LogP contribution in [0.15, 0.2) is 6.20 Å². The van der Waals surface area contributed by atoms with Gasteiger partial charge in [0.25, 0.3) is 0 Å². The smallest absolute Gasteiger partial charge is 0.182 e. The highest BCUT2D eigenvalue weighted by Gasteiger charge is 2.09. The van der Waals surface area contributed by atoms with E-state index >= 15 is 0 Å². The van der Waals surface area contributed by atoms with Gasteiger partial charge in [-0.15, -0.1) is 11.3 Å². The monoisotopic (exact) mass is 259 g/mol. The van der Waals surface area contributed by atoms with Crippen LogP contribution in [0.5, 0.6) is 0 Å². The van der Waals surface area contributed by atoms with Gasteiger partial charge in [-0.25, -0.2) is 4.98 Å². The maximum atomic E-state index is 9.60. The molecule has 17 heavy (non-hydrogen) atoms. The van der Waals surface area contributed by atoms with Crippen LogP contribution in [-0.2, 0) is 11.3 Å². The molecule has 0 aliphatic rings.